The van der Waals surface area contributed by atoms with Crippen molar-refractivity contribution in [3.63, 3.8) is 0 Å². The van der Waals surface area contributed by atoms with Crippen LogP contribution in [-0.2, 0) is 0 Å². The van der Waals surface area contributed by atoms with E-state index in [-0.39, 0.29) is 11.9 Å². The van der Waals surface area contributed by atoms with Crippen LogP contribution in [0.3, 0.4) is 0 Å². The second-order valence-corrected chi connectivity index (χ2v) is 4.61. The van der Waals surface area contributed by atoms with Gasteiger partial charge in [0.1, 0.15) is 11.6 Å². The highest BCUT2D eigenvalue weighted by Crippen LogP contribution is 2.21. The van der Waals surface area contributed by atoms with Crippen LogP contribution in [0.2, 0.25) is 0 Å². The first kappa shape index (κ1) is 14.1. The van der Waals surface area contributed by atoms with Crippen molar-refractivity contribution in [2.24, 2.45) is 0 Å². The average molecular weight is 273 g/mol. The Morgan fingerprint density at radius 2 is 2.30 bits per heavy atom. The van der Waals surface area contributed by atoms with Crippen LogP contribution in [0.5, 0.6) is 5.75 Å². The SMILES string of the molecule is CCC(NC(=O)c1cc(C)ccc1OC)c1ncc[nH]1. The number of nitrogens with zero attached hydrogens (tertiary/aromatic N) is 1. The molecule has 0 aliphatic rings. The maximum atomic E-state index is 12.4. The van der Waals surface area contributed by atoms with E-state index in [9.17, 15) is 4.79 Å². The van der Waals surface area contributed by atoms with E-state index in [0.29, 0.717) is 11.3 Å². The molecule has 20 heavy (non-hydrogen) atoms. The number of H-pyrrole nitrogens is 1. The molecule has 2 rings (SSSR count). The van der Waals surface area contributed by atoms with E-state index in [2.05, 4.69) is 15.3 Å². The Hall–Kier alpha value is -2.30. The summed E-state index contributed by atoms with van der Waals surface area (Å²) in [4.78, 5) is 19.6. The molecule has 1 aromatic heterocycles. The lowest BCUT2D eigenvalue weighted by molar-refractivity contribution is 0.0930. The number of hydrogen-bond donors (Lipinski definition) is 2. The Bertz CT molecular complexity index is 579. The number of hydrogen-bond acceptors (Lipinski definition) is 3. The van der Waals surface area contributed by atoms with Gasteiger partial charge in [0.15, 0.2) is 0 Å². The summed E-state index contributed by atoms with van der Waals surface area (Å²) >= 11 is 0. The van der Waals surface area contributed by atoms with Crippen molar-refractivity contribution in [3.8, 4) is 5.75 Å². The van der Waals surface area contributed by atoms with E-state index in [1.165, 1.54) is 0 Å². The molecule has 5 nitrogen and oxygen atoms in total. The number of rotatable bonds is 5. The van der Waals surface area contributed by atoms with Crippen molar-refractivity contribution >= 4 is 5.91 Å². The van der Waals surface area contributed by atoms with E-state index in [4.69, 9.17) is 4.74 Å². The van der Waals surface area contributed by atoms with Gasteiger partial charge in [-0.15, -0.1) is 0 Å². The summed E-state index contributed by atoms with van der Waals surface area (Å²) in [6.45, 7) is 3.95. The second-order valence-electron chi connectivity index (χ2n) is 4.61. The van der Waals surface area contributed by atoms with Crippen molar-refractivity contribution in [3.05, 3.63) is 47.5 Å². The van der Waals surface area contributed by atoms with Crippen molar-refractivity contribution in [1.82, 2.24) is 15.3 Å². The zero-order valence-corrected chi connectivity index (χ0v) is 11.9. The van der Waals surface area contributed by atoms with Crippen LogP contribution >= 0.6 is 0 Å². The quantitative estimate of drug-likeness (QED) is 0.880. The average Bonchev–Trinajstić information content (AvgIpc) is 2.98. The molecule has 5 heteroatoms. The number of aromatic amines is 1. The smallest absolute Gasteiger partial charge is 0.255 e. The fraction of sp³-hybridized carbons (Fsp3) is 0.333. The molecule has 0 bridgehead atoms. The van der Waals surface area contributed by atoms with E-state index in [1.807, 2.05) is 26.0 Å². The number of carbonyl (C=O) groups is 1. The fourth-order valence-corrected chi connectivity index (χ4v) is 2.07. The summed E-state index contributed by atoms with van der Waals surface area (Å²) in [5.74, 6) is 1.17. The number of aromatic nitrogens is 2. The molecule has 0 fully saturated rings. The molecular formula is C15H19N3O2. The molecule has 1 amide bonds. The van der Waals surface area contributed by atoms with Gasteiger partial charge in [0.25, 0.3) is 5.91 Å². The molecule has 0 spiro atoms. The lowest BCUT2D eigenvalue weighted by Crippen LogP contribution is -2.29. The summed E-state index contributed by atoms with van der Waals surface area (Å²) in [6, 6.07) is 5.41. The molecule has 0 aliphatic carbocycles. The Morgan fingerprint density at radius 3 is 2.90 bits per heavy atom. The molecular weight excluding hydrogens is 254 g/mol. The van der Waals surface area contributed by atoms with Gasteiger partial charge in [-0.25, -0.2) is 4.98 Å². The highest BCUT2D eigenvalue weighted by molar-refractivity contribution is 5.97. The largest absolute Gasteiger partial charge is 0.496 e. The third kappa shape index (κ3) is 2.99. The number of ether oxygens (including phenoxy) is 1. The summed E-state index contributed by atoms with van der Waals surface area (Å²) in [7, 11) is 1.56. The summed E-state index contributed by atoms with van der Waals surface area (Å²) < 4.78 is 5.24. The topological polar surface area (TPSA) is 67.0 Å². The van der Waals surface area contributed by atoms with Crippen molar-refractivity contribution < 1.29 is 9.53 Å². The fourth-order valence-electron chi connectivity index (χ4n) is 2.07. The third-order valence-electron chi connectivity index (χ3n) is 3.16. The Labute approximate surface area is 118 Å². The third-order valence-corrected chi connectivity index (χ3v) is 3.16. The minimum atomic E-state index is -0.159. The van der Waals surface area contributed by atoms with Gasteiger partial charge in [-0.3, -0.25) is 4.79 Å². The predicted octanol–water partition coefficient (Wildman–Crippen LogP) is 2.61. The maximum Gasteiger partial charge on any atom is 0.255 e. The van der Waals surface area contributed by atoms with Gasteiger partial charge in [0, 0.05) is 12.4 Å². The van der Waals surface area contributed by atoms with E-state index in [1.54, 1.807) is 25.6 Å². The summed E-state index contributed by atoms with van der Waals surface area (Å²) in [6.07, 6.45) is 4.18. The van der Waals surface area contributed by atoms with Crippen molar-refractivity contribution in [1.29, 1.82) is 0 Å². The Kier molecular flexibility index (Phi) is 4.40. The highest BCUT2D eigenvalue weighted by atomic mass is 16.5. The molecule has 0 saturated carbocycles. The minimum absolute atomic E-state index is 0.136. The van der Waals surface area contributed by atoms with Crippen LogP contribution in [0.15, 0.2) is 30.6 Å². The van der Waals surface area contributed by atoms with Crippen molar-refractivity contribution in [2.75, 3.05) is 7.11 Å². The highest BCUT2D eigenvalue weighted by Gasteiger charge is 2.18. The molecule has 1 heterocycles. The molecule has 0 radical (unpaired) electrons. The van der Waals surface area contributed by atoms with Crippen LogP contribution in [0.25, 0.3) is 0 Å². The van der Waals surface area contributed by atoms with Crippen LogP contribution < -0.4 is 10.1 Å². The van der Waals surface area contributed by atoms with Gasteiger partial charge >= 0.3 is 0 Å². The number of methoxy groups -OCH3 is 1. The lowest BCUT2D eigenvalue weighted by atomic mass is 10.1. The molecule has 1 aromatic carbocycles. The monoisotopic (exact) mass is 273 g/mol. The molecule has 2 aromatic rings. The number of benzene rings is 1. The Balaban J connectivity index is 2.21. The first-order valence-electron chi connectivity index (χ1n) is 6.60. The van der Waals surface area contributed by atoms with E-state index in [0.717, 1.165) is 17.8 Å². The van der Waals surface area contributed by atoms with Gasteiger partial charge in [0.2, 0.25) is 0 Å². The molecule has 106 valence electrons. The van der Waals surface area contributed by atoms with Gasteiger partial charge in [-0.1, -0.05) is 18.6 Å². The Morgan fingerprint density at radius 1 is 1.50 bits per heavy atom. The second kappa shape index (κ2) is 6.23. The van der Waals surface area contributed by atoms with Crippen LogP contribution in [-0.4, -0.2) is 23.0 Å². The summed E-state index contributed by atoms with van der Waals surface area (Å²) in [5, 5.41) is 2.97. The number of imidazole rings is 1. The lowest BCUT2D eigenvalue weighted by Gasteiger charge is -2.16. The maximum absolute atomic E-state index is 12.4. The first-order valence-corrected chi connectivity index (χ1v) is 6.60. The zero-order chi connectivity index (χ0) is 14.5. The van der Waals surface area contributed by atoms with Crippen LogP contribution in [0.1, 0.15) is 41.1 Å². The molecule has 2 N–H and O–H groups in total. The minimum Gasteiger partial charge on any atom is -0.496 e. The van der Waals surface area contributed by atoms with E-state index < -0.39 is 0 Å². The molecule has 0 saturated heterocycles. The number of aryl methyl sites for hydroxylation is 1. The van der Waals surface area contributed by atoms with Crippen LogP contribution in [0.4, 0.5) is 0 Å². The van der Waals surface area contributed by atoms with Gasteiger partial charge in [-0.05, 0) is 25.5 Å². The molecule has 1 atom stereocenters. The molecule has 1 unspecified atom stereocenters. The predicted molar refractivity (Wildman–Crippen MR) is 76.8 cm³/mol. The van der Waals surface area contributed by atoms with Crippen molar-refractivity contribution in [2.45, 2.75) is 26.3 Å². The summed E-state index contributed by atoms with van der Waals surface area (Å²) in [5.41, 5.74) is 1.56. The number of nitrogens with one attached hydrogen (secondary N) is 2. The first-order chi connectivity index (χ1) is 9.65. The van der Waals surface area contributed by atoms with Gasteiger partial charge in [-0.2, -0.15) is 0 Å². The zero-order valence-electron chi connectivity index (χ0n) is 11.9. The normalized spacial score (nSPS) is 11.9. The molecule has 0 aliphatic heterocycles. The van der Waals surface area contributed by atoms with E-state index >= 15 is 0 Å². The number of amides is 1. The standard InChI is InChI=1S/C15H19N3O2/c1-4-12(14-16-7-8-17-14)18-15(19)11-9-10(2)5-6-13(11)20-3/h5-9,12H,4H2,1-3H3,(H,16,17)(H,18,19). The number of carbonyl (C=O) groups excluding carboxylic acids is 1. The van der Waals surface area contributed by atoms with Gasteiger partial charge in [0.05, 0.1) is 18.7 Å². The van der Waals surface area contributed by atoms with Crippen LogP contribution in [0, 0.1) is 6.92 Å². The van der Waals surface area contributed by atoms with Gasteiger partial charge < -0.3 is 15.0 Å².